The average Bonchev–Trinajstić information content (AvgIpc) is 2.98. The molecule has 0 aliphatic carbocycles. The third-order valence-corrected chi connectivity index (χ3v) is 4.19. The van der Waals surface area contributed by atoms with Crippen LogP contribution < -0.4 is 5.32 Å². The van der Waals surface area contributed by atoms with Crippen molar-refractivity contribution in [1.29, 1.82) is 0 Å². The Morgan fingerprint density at radius 3 is 2.76 bits per heavy atom. The Bertz CT molecular complexity index is 664. The van der Waals surface area contributed by atoms with Crippen molar-refractivity contribution in [3.63, 3.8) is 0 Å². The Labute approximate surface area is 128 Å². The Hall–Kier alpha value is -1.26. The molecule has 1 saturated heterocycles. The van der Waals surface area contributed by atoms with Gasteiger partial charge in [-0.2, -0.15) is 0 Å². The summed E-state index contributed by atoms with van der Waals surface area (Å²) in [7, 11) is 1.75. The molecule has 21 heavy (non-hydrogen) atoms. The van der Waals surface area contributed by atoms with E-state index in [0.29, 0.717) is 11.5 Å². The van der Waals surface area contributed by atoms with E-state index in [1.54, 1.807) is 17.8 Å². The summed E-state index contributed by atoms with van der Waals surface area (Å²) < 4.78 is 7.88. The first-order chi connectivity index (χ1) is 10.1. The molecule has 3 rings (SSSR count). The van der Waals surface area contributed by atoms with E-state index < -0.39 is 24.5 Å². The number of hydrogen-bond acceptors (Lipinski definition) is 7. The van der Waals surface area contributed by atoms with Crippen LogP contribution in [0.5, 0.6) is 0 Å². The molecule has 0 spiro atoms. The lowest BCUT2D eigenvalue weighted by Crippen LogP contribution is -2.33. The average molecular weight is 359 g/mol. The number of fused-ring (bicyclic) bond motifs is 1. The summed E-state index contributed by atoms with van der Waals surface area (Å²) in [5, 5.41) is 32.9. The zero-order valence-electron chi connectivity index (χ0n) is 11.1. The van der Waals surface area contributed by atoms with Crippen LogP contribution in [0.25, 0.3) is 11.0 Å². The Morgan fingerprint density at radius 2 is 2.14 bits per heavy atom. The molecule has 2 aromatic heterocycles. The molecule has 0 aromatic carbocycles. The van der Waals surface area contributed by atoms with Crippen molar-refractivity contribution in [2.75, 3.05) is 19.0 Å². The molecule has 1 aliphatic rings. The Morgan fingerprint density at radius 1 is 1.38 bits per heavy atom. The van der Waals surface area contributed by atoms with Crippen molar-refractivity contribution < 1.29 is 20.1 Å². The van der Waals surface area contributed by atoms with Gasteiger partial charge in [0.1, 0.15) is 36.1 Å². The normalized spacial score (nSPS) is 29.2. The fraction of sp³-hybridized carbons (Fsp3) is 0.500. The highest BCUT2D eigenvalue weighted by molar-refractivity contribution is 9.10. The predicted molar refractivity (Wildman–Crippen MR) is 77.8 cm³/mol. The van der Waals surface area contributed by atoms with Gasteiger partial charge in [-0.3, -0.25) is 0 Å². The highest BCUT2D eigenvalue weighted by atomic mass is 79.9. The molecular formula is C12H15BrN4O4. The van der Waals surface area contributed by atoms with E-state index in [0.717, 1.165) is 9.86 Å². The molecule has 0 saturated carbocycles. The molecular weight excluding hydrogens is 344 g/mol. The number of halogens is 1. The van der Waals surface area contributed by atoms with Crippen molar-refractivity contribution in [2.24, 2.45) is 0 Å². The van der Waals surface area contributed by atoms with Crippen molar-refractivity contribution in [3.8, 4) is 0 Å². The van der Waals surface area contributed by atoms with Crippen LogP contribution in [-0.2, 0) is 4.74 Å². The first-order valence-corrected chi connectivity index (χ1v) is 7.19. The van der Waals surface area contributed by atoms with Crippen LogP contribution in [0.1, 0.15) is 6.23 Å². The number of aliphatic hydroxyl groups excluding tert-OH is 3. The number of anilines is 1. The molecule has 1 aliphatic heterocycles. The first kappa shape index (κ1) is 14.7. The summed E-state index contributed by atoms with van der Waals surface area (Å²) >= 11 is 3.43. The summed E-state index contributed by atoms with van der Waals surface area (Å²) in [6, 6.07) is 0. The predicted octanol–water partition coefficient (Wildman–Crippen LogP) is -0.153. The van der Waals surface area contributed by atoms with E-state index >= 15 is 0 Å². The number of ether oxygens (including phenoxy) is 1. The molecule has 1 fully saturated rings. The summed E-state index contributed by atoms with van der Waals surface area (Å²) in [6.45, 7) is -0.369. The molecule has 0 bridgehead atoms. The first-order valence-electron chi connectivity index (χ1n) is 6.39. The van der Waals surface area contributed by atoms with Crippen molar-refractivity contribution in [1.82, 2.24) is 14.5 Å². The largest absolute Gasteiger partial charge is 0.394 e. The monoisotopic (exact) mass is 358 g/mol. The van der Waals surface area contributed by atoms with Gasteiger partial charge in [0.15, 0.2) is 6.23 Å². The van der Waals surface area contributed by atoms with E-state index in [1.807, 2.05) is 0 Å². The molecule has 4 atom stereocenters. The highest BCUT2D eigenvalue weighted by Crippen LogP contribution is 2.36. The van der Waals surface area contributed by atoms with Gasteiger partial charge in [-0.15, -0.1) is 0 Å². The minimum absolute atomic E-state index is 0.369. The van der Waals surface area contributed by atoms with E-state index in [4.69, 9.17) is 9.84 Å². The lowest BCUT2D eigenvalue weighted by atomic mass is 10.1. The number of aromatic nitrogens is 3. The van der Waals surface area contributed by atoms with E-state index in [1.165, 1.54) is 6.33 Å². The van der Waals surface area contributed by atoms with Crippen LogP contribution in [0.4, 0.5) is 5.82 Å². The molecule has 0 unspecified atom stereocenters. The molecule has 9 heteroatoms. The fourth-order valence-electron chi connectivity index (χ4n) is 2.53. The van der Waals surface area contributed by atoms with Crippen LogP contribution in [0, 0.1) is 0 Å². The number of rotatable bonds is 3. The van der Waals surface area contributed by atoms with Gasteiger partial charge in [-0.25, -0.2) is 9.97 Å². The zero-order valence-corrected chi connectivity index (χ0v) is 12.7. The van der Waals surface area contributed by atoms with Crippen molar-refractivity contribution in [3.05, 3.63) is 17.0 Å². The number of nitrogens with zero attached hydrogens (tertiary/aromatic N) is 3. The van der Waals surface area contributed by atoms with Crippen LogP contribution >= 0.6 is 15.9 Å². The highest BCUT2D eigenvalue weighted by Gasteiger charge is 2.44. The molecule has 8 nitrogen and oxygen atoms in total. The second kappa shape index (κ2) is 5.50. The molecule has 4 N–H and O–H groups in total. The minimum atomic E-state index is -1.15. The van der Waals surface area contributed by atoms with Gasteiger partial charge in [0, 0.05) is 17.7 Å². The lowest BCUT2D eigenvalue weighted by molar-refractivity contribution is -0.0509. The maximum Gasteiger partial charge on any atom is 0.164 e. The Balaban J connectivity index is 2.10. The third-order valence-electron chi connectivity index (χ3n) is 3.59. The van der Waals surface area contributed by atoms with Crippen molar-refractivity contribution >= 4 is 32.8 Å². The van der Waals surface area contributed by atoms with Crippen molar-refractivity contribution in [2.45, 2.75) is 24.5 Å². The van der Waals surface area contributed by atoms with Gasteiger partial charge in [-0.1, -0.05) is 0 Å². The molecule has 2 aromatic rings. The molecule has 3 heterocycles. The van der Waals surface area contributed by atoms with Gasteiger partial charge in [0.05, 0.1) is 12.0 Å². The standard InChI is InChI=1S/C12H15BrN4O4/c1-14-10-7-5(13)2-17(11(7)16-4-15-10)12-9(20)8(19)6(3-18)21-12/h2,4,6,8-9,12,18-20H,3H2,1H3,(H,14,15,16)/t6-,8+,9-,12-/m0/s1. The van der Waals surface area contributed by atoms with Gasteiger partial charge in [0.2, 0.25) is 0 Å². The summed E-state index contributed by atoms with van der Waals surface area (Å²) in [5.41, 5.74) is 0.552. The fourth-order valence-corrected chi connectivity index (χ4v) is 3.12. The lowest BCUT2D eigenvalue weighted by Gasteiger charge is -2.17. The van der Waals surface area contributed by atoms with Gasteiger partial charge < -0.3 is 29.9 Å². The van der Waals surface area contributed by atoms with Crippen LogP contribution in [0.2, 0.25) is 0 Å². The summed E-state index contributed by atoms with van der Waals surface area (Å²) in [4.78, 5) is 8.35. The van der Waals surface area contributed by atoms with E-state index in [2.05, 4.69) is 31.2 Å². The zero-order chi connectivity index (χ0) is 15.1. The second-order valence-corrected chi connectivity index (χ2v) is 5.64. The number of nitrogens with one attached hydrogen (secondary N) is 1. The number of aliphatic hydroxyl groups is 3. The summed E-state index contributed by atoms with van der Waals surface area (Å²) in [6.07, 6.45) is -0.851. The molecule has 0 radical (unpaired) electrons. The quantitative estimate of drug-likeness (QED) is 0.603. The third kappa shape index (κ3) is 2.21. The van der Waals surface area contributed by atoms with Gasteiger partial charge in [-0.05, 0) is 15.9 Å². The summed E-state index contributed by atoms with van der Waals surface area (Å²) in [5.74, 6) is 0.636. The Kier molecular flexibility index (Phi) is 3.84. The van der Waals surface area contributed by atoms with Crippen LogP contribution in [-0.4, -0.2) is 61.8 Å². The van der Waals surface area contributed by atoms with Crippen LogP contribution in [0.15, 0.2) is 17.0 Å². The maximum atomic E-state index is 10.1. The van der Waals surface area contributed by atoms with Gasteiger partial charge in [0.25, 0.3) is 0 Å². The number of hydrogen-bond donors (Lipinski definition) is 4. The van der Waals surface area contributed by atoms with Gasteiger partial charge >= 0.3 is 0 Å². The maximum absolute atomic E-state index is 10.1. The topological polar surface area (TPSA) is 113 Å². The second-order valence-electron chi connectivity index (χ2n) is 4.78. The van der Waals surface area contributed by atoms with Crippen LogP contribution in [0.3, 0.4) is 0 Å². The van der Waals surface area contributed by atoms with E-state index in [9.17, 15) is 10.2 Å². The SMILES string of the molecule is CNc1ncnc2c1c(Br)cn2[C@H]1O[C@@H](CO)[C@@H](O)[C@@H]1O. The molecule has 0 amide bonds. The molecule has 114 valence electrons. The minimum Gasteiger partial charge on any atom is -0.394 e. The smallest absolute Gasteiger partial charge is 0.164 e. The van der Waals surface area contributed by atoms with E-state index in [-0.39, 0.29) is 6.61 Å².